The van der Waals surface area contributed by atoms with E-state index in [1.54, 1.807) is 6.07 Å². The predicted molar refractivity (Wildman–Crippen MR) is 133 cm³/mol. The number of carbonyl (C=O) groups excluding carboxylic acids is 1. The minimum absolute atomic E-state index is 0.0969. The van der Waals surface area contributed by atoms with Crippen molar-refractivity contribution in [3.05, 3.63) is 108 Å². The summed E-state index contributed by atoms with van der Waals surface area (Å²) in [5.41, 5.74) is 2.75. The lowest BCUT2D eigenvalue weighted by Crippen LogP contribution is -2.24. The van der Waals surface area contributed by atoms with Crippen LogP contribution in [0.5, 0.6) is 0 Å². The van der Waals surface area contributed by atoms with Gasteiger partial charge >= 0.3 is 0 Å². The van der Waals surface area contributed by atoms with Crippen molar-refractivity contribution in [2.75, 3.05) is 18.0 Å². The number of thioether (sulfide) groups is 1. The number of anilines is 1. The van der Waals surface area contributed by atoms with Crippen LogP contribution in [0.3, 0.4) is 0 Å². The summed E-state index contributed by atoms with van der Waals surface area (Å²) in [7, 11) is 0. The Kier molecular flexibility index (Phi) is 8.90. The molecule has 0 aliphatic heterocycles. The van der Waals surface area contributed by atoms with E-state index in [4.69, 9.17) is 11.6 Å². The van der Waals surface area contributed by atoms with Gasteiger partial charge in [0.05, 0.1) is 0 Å². The Balaban J connectivity index is 1.59. The highest BCUT2D eigenvalue weighted by atomic mass is 35.5. The molecule has 0 atom stereocenters. The first-order chi connectivity index (χ1) is 15.6. The number of aromatic nitrogens is 2. The van der Waals surface area contributed by atoms with Gasteiger partial charge in [-0.2, -0.15) is 0 Å². The molecule has 0 aliphatic rings. The Morgan fingerprint density at radius 3 is 2.34 bits per heavy atom. The molecule has 2 aromatic carbocycles. The van der Waals surface area contributed by atoms with Crippen molar-refractivity contribution < 1.29 is 4.79 Å². The molecule has 1 aromatic heterocycles. The third-order valence-electron chi connectivity index (χ3n) is 4.56. The molecule has 3 rings (SSSR count). The lowest BCUT2D eigenvalue weighted by molar-refractivity contribution is 0.0951. The smallest absolute Gasteiger partial charge is 0.251 e. The number of amides is 1. The van der Waals surface area contributed by atoms with Crippen LogP contribution in [0.2, 0.25) is 5.15 Å². The van der Waals surface area contributed by atoms with Crippen LogP contribution in [0.4, 0.5) is 5.82 Å². The highest BCUT2D eigenvalue weighted by molar-refractivity contribution is 7.98. The highest BCUT2D eigenvalue weighted by Crippen LogP contribution is 2.25. The minimum atomic E-state index is -0.0969. The standard InChI is InChI=1S/C25H25ClN4OS/c1-3-14-30(15-4-2)23-16-22(26)28-25(29-23)32-18-20-10-12-21(13-11-20)24(31)27-17-19-8-6-5-7-9-19/h3-13,16H,1-2,14-15,17-18H2,(H,27,31). The van der Waals surface area contributed by atoms with Crippen molar-refractivity contribution in [1.82, 2.24) is 15.3 Å². The maximum atomic E-state index is 12.4. The van der Waals surface area contributed by atoms with Gasteiger partial charge in [0.15, 0.2) is 5.16 Å². The van der Waals surface area contributed by atoms with Crippen molar-refractivity contribution in [3.63, 3.8) is 0 Å². The van der Waals surface area contributed by atoms with E-state index in [0.717, 1.165) is 16.9 Å². The van der Waals surface area contributed by atoms with E-state index in [1.807, 2.05) is 71.6 Å². The zero-order valence-corrected chi connectivity index (χ0v) is 19.3. The fourth-order valence-electron chi connectivity index (χ4n) is 2.97. The first-order valence-corrected chi connectivity index (χ1v) is 11.5. The van der Waals surface area contributed by atoms with Crippen LogP contribution in [-0.2, 0) is 12.3 Å². The van der Waals surface area contributed by atoms with Gasteiger partial charge in [0.1, 0.15) is 11.0 Å². The van der Waals surface area contributed by atoms with Gasteiger partial charge in [0.25, 0.3) is 5.91 Å². The zero-order valence-electron chi connectivity index (χ0n) is 17.7. The van der Waals surface area contributed by atoms with E-state index in [9.17, 15) is 4.79 Å². The molecule has 0 bridgehead atoms. The monoisotopic (exact) mass is 464 g/mol. The number of hydrogen-bond acceptors (Lipinski definition) is 5. The summed E-state index contributed by atoms with van der Waals surface area (Å²) in [5, 5.41) is 3.92. The van der Waals surface area contributed by atoms with E-state index in [0.29, 0.717) is 41.3 Å². The minimum Gasteiger partial charge on any atom is -0.349 e. The molecule has 0 aliphatic carbocycles. The van der Waals surface area contributed by atoms with Gasteiger partial charge in [-0.05, 0) is 23.3 Å². The normalized spacial score (nSPS) is 10.4. The first kappa shape index (κ1) is 23.6. The van der Waals surface area contributed by atoms with Gasteiger partial charge in [-0.1, -0.05) is 78.0 Å². The molecule has 0 unspecified atom stereocenters. The summed E-state index contributed by atoms with van der Waals surface area (Å²) in [4.78, 5) is 23.3. The number of hydrogen-bond donors (Lipinski definition) is 1. The fraction of sp³-hybridized carbons (Fsp3) is 0.160. The third kappa shape index (κ3) is 6.97. The summed E-state index contributed by atoms with van der Waals surface area (Å²) >= 11 is 7.71. The van der Waals surface area contributed by atoms with Crippen LogP contribution >= 0.6 is 23.4 Å². The van der Waals surface area contributed by atoms with Gasteiger partial charge in [-0.15, -0.1) is 13.2 Å². The Morgan fingerprint density at radius 1 is 1.00 bits per heavy atom. The van der Waals surface area contributed by atoms with E-state index in [2.05, 4.69) is 28.4 Å². The molecule has 1 N–H and O–H groups in total. The molecule has 0 spiro atoms. The second kappa shape index (κ2) is 12.1. The topological polar surface area (TPSA) is 58.1 Å². The Bertz CT molecular complexity index is 1050. The molecular weight excluding hydrogens is 440 g/mol. The fourth-order valence-corrected chi connectivity index (χ4v) is 4.00. The van der Waals surface area contributed by atoms with Gasteiger partial charge in [-0.3, -0.25) is 4.79 Å². The molecule has 0 radical (unpaired) electrons. The van der Waals surface area contributed by atoms with Crippen LogP contribution < -0.4 is 10.2 Å². The van der Waals surface area contributed by atoms with Crippen LogP contribution in [-0.4, -0.2) is 29.0 Å². The Morgan fingerprint density at radius 2 is 1.69 bits per heavy atom. The molecule has 1 amide bonds. The zero-order chi connectivity index (χ0) is 22.8. The molecule has 32 heavy (non-hydrogen) atoms. The SMILES string of the molecule is C=CCN(CC=C)c1cc(Cl)nc(SCc2ccc(C(=O)NCc3ccccc3)cc2)n1. The van der Waals surface area contributed by atoms with Gasteiger partial charge in [-0.25, -0.2) is 9.97 Å². The second-order valence-electron chi connectivity index (χ2n) is 6.97. The van der Waals surface area contributed by atoms with Crippen LogP contribution in [0.25, 0.3) is 0 Å². The lowest BCUT2D eigenvalue weighted by Gasteiger charge is -2.20. The van der Waals surface area contributed by atoms with Crippen molar-refractivity contribution in [2.45, 2.75) is 17.5 Å². The molecule has 0 fully saturated rings. The van der Waals surface area contributed by atoms with E-state index >= 15 is 0 Å². The number of carbonyl (C=O) groups is 1. The Labute approximate surface area is 198 Å². The van der Waals surface area contributed by atoms with Crippen molar-refractivity contribution in [2.24, 2.45) is 0 Å². The maximum Gasteiger partial charge on any atom is 0.251 e. The average molecular weight is 465 g/mol. The molecule has 1 heterocycles. The van der Waals surface area contributed by atoms with Crippen LogP contribution in [0, 0.1) is 0 Å². The van der Waals surface area contributed by atoms with Gasteiger partial charge < -0.3 is 10.2 Å². The average Bonchev–Trinajstić information content (AvgIpc) is 2.82. The van der Waals surface area contributed by atoms with E-state index < -0.39 is 0 Å². The quantitative estimate of drug-likeness (QED) is 0.175. The number of nitrogens with zero attached hydrogens (tertiary/aromatic N) is 3. The lowest BCUT2D eigenvalue weighted by atomic mass is 10.1. The van der Waals surface area contributed by atoms with Gasteiger partial charge in [0.2, 0.25) is 0 Å². The van der Waals surface area contributed by atoms with Crippen molar-refractivity contribution in [1.29, 1.82) is 0 Å². The third-order valence-corrected chi connectivity index (χ3v) is 5.68. The largest absolute Gasteiger partial charge is 0.349 e. The second-order valence-corrected chi connectivity index (χ2v) is 8.30. The number of halogens is 1. The molecule has 3 aromatic rings. The number of nitrogens with one attached hydrogen (secondary N) is 1. The number of benzene rings is 2. The summed E-state index contributed by atoms with van der Waals surface area (Å²) in [6, 6.07) is 19.1. The number of rotatable bonds is 11. The summed E-state index contributed by atoms with van der Waals surface area (Å²) in [6.45, 7) is 9.35. The first-order valence-electron chi connectivity index (χ1n) is 10.1. The Hall–Kier alpha value is -3.09. The molecular formula is C25H25ClN4OS. The molecule has 164 valence electrons. The van der Waals surface area contributed by atoms with Crippen molar-refractivity contribution >= 4 is 35.1 Å². The van der Waals surface area contributed by atoms with Crippen LogP contribution in [0.1, 0.15) is 21.5 Å². The summed E-state index contributed by atoms with van der Waals surface area (Å²) in [5.74, 6) is 1.30. The van der Waals surface area contributed by atoms with Crippen molar-refractivity contribution in [3.8, 4) is 0 Å². The maximum absolute atomic E-state index is 12.4. The summed E-state index contributed by atoms with van der Waals surface area (Å²) < 4.78 is 0. The predicted octanol–water partition coefficient (Wildman–Crippen LogP) is 5.53. The molecule has 0 saturated heterocycles. The summed E-state index contributed by atoms with van der Waals surface area (Å²) in [6.07, 6.45) is 3.62. The van der Waals surface area contributed by atoms with E-state index in [1.165, 1.54) is 11.8 Å². The molecule has 5 nitrogen and oxygen atoms in total. The molecule has 7 heteroatoms. The van der Waals surface area contributed by atoms with Gasteiger partial charge in [0, 0.05) is 37.0 Å². The van der Waals surface area contributed by atoms with Crippen LogP contribution in [0.15, 0.2) is 91.1 Å². The van der Waals surface area contributed by atoms with E-state index in [-0.39, 0.29) is 5.91 Å². The highest BCUT2D eigenvalue weighted by Gasteiger charge is 2.11. The molecule has 0 saturated carbocycles.